The SMILES string of the molecule is CCCCCCCC=C=CCCCCCCCC(=O)O[C@@H](COC(=O)CCC/C=C/C/C=C/C/C=C/C/C=C/CCCCCCCCC)CO[C@@H]1O[C@H](CO[C@@H]2O[C@H](CO)[C@H](O)C(O)C2O)[C@H](O)C(O)C1O. The van der Waals surface area contributed by atoms with E-state index in [2.05, 4.69) is 74.3 Å². The first-order valence-corrected chi connectivity index (χ1v) is 27.6. The molecular formula is C57H96O15. The predicted molar refractivity (Wildman–Crippen MR) is 278 cm³/mol. The van der Waals surface area contributed by atoms with Crippen LogP contribution in [0.1, 0.15) is 187 Å². The van der Waals surface area contributed by atoms with Crippen LogP contribution in [0.25, 0.3) is 0 Å². The molecule has 0 saturated carbocycles. The van der Waals surface area contributed by atoms with Gasteiger partial charge >= 0.3 is 11.9 Å². The zero-order valence-corrected chi connectivity index (χ0v) is 43.9. The molecule has 2 rings (SSSR count). The topological polar surface area (TPSA) is 231 Å². The van der Waals surface area contributed by atoms with Crippen LogP contribution in [-0.2, 0) is 38.0 Å². The Bertz CT molecular complexity index is 1540. The Labute approximate surface area is 432 Å². The van der Waals surface area contributed by atoms with E-state index in [0.717, 1.165) is 64.2 Å². The fraction of sp³-hybridized carbons (Fsp3) is 0.772. The monoisotopic (exact) mass is 1020 g/mol. The molecule has 0 radical (unpaired) electrons. The Morgan fingerprint density at radius 3 is 1.49 bits per heavy atom. The summed E-state index contributed by atoms with van der Waals surface area (Å²) in [5, 5.41) is 72.2. The maximum atomic E-state index is 13.0. The van der Waals surface area contributed by atoms with Gasteiger partial charge < -0.3 is 64.2 Å². The third kappa shape index (κ3) is 30.4. The van der Waals surface area contributed by atoms with Crippen LogP contribution in [0.5, 0.6) is 0 Å². The van der Waals surface area contributed by atoms with Crippen LogP contribution in [0.4, 0.5) is 0 Å². The van der Waals surface area contributed by atoms with Crippen LogP contribution in [0, 0.1) is 0 Å². The molecule has 72 heavy (non-hydrogen) atoms. The summed E-state index contributed by atoms with van der Waals surface area (Å²) < 4.78 is 33.5. The summed E-state index contributed by atoms with van der Waals surface area (Å²) >= 11 is 0. The summed E-state index contributed by atoms with van der Waals surface area (Å²) in [5.41, 5.74) is 3.28. The van der Waals surface area contributed by atoms with E-state index < -0.39 is 99.3 Å². The zero-order valence-electron chi connectivity index (χ0n) is 43.9. The molecule has 15 heteroatoms. The predicted octanol–water partition coefficient (Wildman–Crippen LogP) is 8.59. The maximum absolute atomic E-state index is 13.0. The lowest BCUT2D eigenvalue weighted by atomic mass is 9.98. The van der Waals surface area contributed by atoms with Gasteiger partial charge in [-0.15, -0.1) is 5.73 Å². The van der Waals surface area contributed by atoms with Crippen molar-refractivity contribution in [2.75, 3.05) is 26.4 Å². The van der Waals surface area contributed by atoms with E-state index in [4.69, 9.17) is 28.4 Å². The van der Waals surface area contributed by atoms with Crippen molar-refractivity contribution in [3.8, 4) is 0 Å². The second kappa shape index (κ2) is 43.2. The lowest BCUT2D eigenvalue weighted by molar-refractivity contribution is -0.332. The quantitative estimate of drug-likeness (QED) is 0.0131. The molecule has 0 aromatic heterocycles. The summed E-state index contributed by atoms with van der Waals surface area (Å²) in [6.45, 7) is 2.49. The van der Waals surface area contributed by atoms with E-state index in [0.29, 0.717) is 19.3 Å². The minimum atomic E-state index is -1.78. The summed E-state index contributed by atoms with van der Waals surface area (Å²) in [4.78, 5) is 25.8. The molecule has 7 N–H and O–H groups in total. The van der Waals surface area contributed by atoms with Crippen LogP contribution < -0.4 is 0 Å². The number of aliphatic hydroxyl groups is 7. The fourth-order valence-corrected chi connectivity index (χ4v) is 8.19. The molecule has 2 aliphatic rings. The van der Waals surface area contributed by atoms with Crippen LogP contribution in [-0.4, -0.2) is 142 Å². The molecule has 4 unspecified atom stereocenters. The summed E-state index contributed by atoms with van der Waals surface area (Å²) in [6.07, 6.45) is 31.8. The number of ether oxygens (including phenoxy) is 6. The molecule has 11 atom stereocenters. The van der Waals surface area contributed by atoms with Crippen molar-refractivity contribution < 1.29 is 73.8 Å². The molecule has 414 valence electrons. The van der Waals surface area contributed by atoms with Crippen molar-refractivity contribution in [3.05, 3.63) is 66.5 Å². The van der Waals surface area contributed by atoms with Gasteiger partial charge in [0.1, 0.15) is 55.4 Å². The van der Waals surface area contributed by atoms with Crippen LogP contribution in [0.2, 0.25) is 0 Å². The highest BCUT2D eigenvalue weighted by atomic mass is 16.7. The molecule has 0 aromatic rings. The minimum Gasteiger partial charge on any atom is -0.462 e. The van der Waals surface area contributed by atoms with E-state index in [-0.39, 0.29) is 19.4 Å². The molecule has 2 fully saturated rings. The molecule has 0 amide bonds. The lowest BCUT2D eigenvalue weighted by Gasteiger charge is -2.42. The first kappa shape index (κ1) is 65.1. The van der Waals surface area contributed by atoms with Gasteiger partial charge in [0.15, 0.2) is 18.7 Å². The van der Waals surface area contributed by atoms with Gasteiger partial charge in [-0.25, -0.2) is 0 Å². The molecular weight excluding hydrogens is 925 g/mol. The average molecular weight is 1020 g/mol. The van der Waals surface area contributed by atoms with Gasteiger partial charge in [0, 0.05) is 12.8 Å². The van der Waals surface area contributed by atoms with E-state index in [1.54, 1.807) is 0 Å². The Balaban J connectivity index is 1.81. The number of aliphatic hydroxyl groups excluding tert-OH is 7. The first-order valence-electron chi connectivity index (χ1n) is 27.6. The van der Waals surface area contributed by atoms with Gasteiger partial charge in [-0.2, -0.15) is 0 Å². The second-order valence-electron chi connectivity index (χ2n) is 19.2. The Morgan fingerprint density at radius 1 is 0.486 bits per heavy atom. The lowest BCUT2D eigenvalue weighted by Crippen LogP contribution is -2.61. The van der Waals surface area contributed by atoms with Gasteiger partial charge in [-0.1, -0.05) is 146 Å². The van der Waals surface area contributed by atoms with Crippen LogP contribution in [0.3, 0.4) is 0 Å². The number of unbranched alkanes of at least 4 members (excludes halogenated alkanes) is 18. The van der Waals surface area contributed by atoms with Crippen molar-refractivity contribution in [2.24, 2.45) is 0 Å². The van der Waals surface area contributed by atoms with Crippen molar-refractivity contribution in [1.29, 1.82) is 0 Å². The molecule has 15 nitrogen and oxygen atoms in total. The molecule has 2 heterocycles. The van der Waals surface area contributed by atoms with Gasteiger partial charge in [0.2, 0.25) is 0 Å². The number of rotatable bonds is 42. The van der Waals surface area contributed by atoms with Gasteiger partial charge in [-0.05, 0) is 89.2 Å². The maximum Gasteiger partial charge on any atom is 0.306 e. The third-order valence-electron chi connectivity index (χ3n) is 12.7. The summed E-state index contributed by atoms with van der Waals surface area (Å²) in [6, 6.07) is 0. The normalized spacial score (nSPS) is 25.1. The van der Waals surface area contributed by atoms with Gasteiger partial charge in [0.05, 0.1) is 19.8 Å². The Morgan fingerprint density at radius 2 is 0.931 bits per heavy atom. The minimum absolute atomic E-state index is 0.130. The molecule has 2 aliphatic heterocycles. The molecule has 0 bridgehead atoms. The van der Waals surface area contributed by atoms with E-state index >= 15 is 0 Å². The molecule has 0 spiro atoms. The summed E-state index contributed by atoms with van der Waals surface area (Å²) in [5.74, 6) is -1.01. The van der Waals surface area contributed by atoms with Gasteiger partial charge in [0.25, 0.3) is 0 Å². The van der Waals surface area contributed by atoms with Gasteiger partial charge in [-0.3, -0.25) is 9.59 Å². The van der Waals surface area contributed by atoms with E-state index in [1.807, 2.05) is 6.08 Å². The van der Waals surface area contributed by atoms with Crippen molar-refractivity contribution >= 4 is 11.9 Å². The number of carbonyl (C=O) groups is 2. The van der Waals surface area contributed by atoms with E-state index in [9.17, 15) is 45.3 Å². The highest BCUT2D eigenvalue weighted by molar-refractivity contribution is 5.70. The zero-order chi connectivity index (χ0) is 52.4. The third-order valence-corrected chi connectivity index (χ3v) is 12.7. The molecule has 0 aliphatic carbocycles. The number of allylic oxidation sites excluding steroid dienone is 9. The number of hydrogen-bond donors (Lipinski definition) is 7. The van der Waals surface area contributed by atoms with Crippen molar-refractivity contribution in [3.63, 3.8) is 0 Å². The first-order chi connectivity index (χ1) is 35.0. The fourth-order valence-electron chi connectivity index (χ4n) is 8.19. The largest absolute Gasteiger partial charge is 0.462 e. The standard InChI is InChI=1S/C57H96O15/c1-3-5-7-9-11-13-15-17-19-20-21-22-23-24-26-27-29-31-33-35-37-39-48(59)67-42-45(70-49(60)40-38-36-34-32-30-28-25-18-16-14-12-10-8-6-4-2)43-68-56-55(66)53(64)51(62)47(72-56)44-69-57-54(65)52(63)50(61)46(41-58)71-57/h16,19-20,22-23,25-27,31,33,45-47,50-58,61-66H,3-15,17,21,24,28-30,32,34-44H2,1-2H3/b20-19+,23-22+,27-26+,33-31+/t18?,45-,46+,47+,50-,51-,52?,53?,54?,55?,56+,57+/m0/s1. The number of carbonyl (C=O) groups excluding carboxylic acids is 2. The van der Waals surface area contributed by atoms with Crippen molar-refractivity contribution in [2.45, 2.75) is 255 Å². The molecule has 0 aromatic carbocycles. The van der Waals surface area contributed by atoms with Crippen molar-refractivity contribution in [1.82, 2.24) is 0 Å². The van der Waals surface area contributed by atoms with Crippen LogP contribution >= 0.6 is 0 Å². The summed E-state index contributed by atoms with van der Waals surface area (Å²) in [7, 11) is 0. The van der Waals surface area contributed by atoms with E-state index in [1.165, 1.54) is 77.0 Å². The average Bonchev–Trinajstić information content (AvgIpc) is 3.37. The highest BCUT2D eigenvalue weighted by Crippen LogP contribution is 2.26. The van der Waals surface area contributed by atoms with Crippen LogP contribution in [0.15, 0.2) is 66.5 Å². The second-order valence-corrected chi connectivity index (χ2v) is 19.2. The molecule has 2 saturated heterocycles. The number of esters is 2. The Kier molecular flexibility index (Phi) is 39.1. The highest BCUT2D eigenvalue weighted by Gasteiger charge is 2.47. The number of hydrogen-bond acceptors (Lipinski definition) is 15. The Hall–Kier alpha value is -3.02. The smallest absolute Gasteiger partial charge is 0.306 e.